The van der Waals surface area contributed by atoms with Crippen molar-refractivity contribution in [2.24, 2.45) is 0 Å². The first kappa shape index (κ1) is 20.4. The smallest absolute Gasteiger partial charge is 0.870 e. The summed E-state index contributed by atoms with van der Waals surface area (Å²) in [6.07, 6.45) is 0. The van der Waals surface area contributed by atoms with E-state index in [1.807, 2.05) is 34.1 Å². The number of benzene rings is 1. The maximum absolute atomic E-state index is 11.7. The van der Waals surface area contributed by atoms with Gasteiger partial charge in [0.2, 0.25) is 0 Å². The second-order valence-electron chi connectivity index (χ2n) is 4.00. The first-order valence-electron chi connectivity index (χ1n) is 5.52. The van der Waals surface area contributed by atoms with Gasteiger partial charge in [-0.2, -0.15) is 0 Å². The SMILES string of the molecule is CC(C(=O)[O][Al+2])c1scc(I)c1-c1ccccc1O.[OH-].[OH-]. The van der Waals surface area contributed by atoms with Crippen LogP contribution in [0.15, 0.2) is 29.6 Å². The molecule has 0 aliphatic rings. The molecule has 21 heavy (non-hydrogen) atoms. The molecule has 0 fully saturated rings. The van der Waals surface area contributed by atoms with E-state index in [0.29, 0.717) is 0 Å². The van der Waals surface area contributed by atoms with Crippen LogP contribution in [0, 0.1) is 3.57 Å². The normalized spacial score (nSPS) is 11.0. The van der Waals surface area contributed by atoms with Crippen LogP contribution in [0.4, 0.5) is 0 Å². The van der Waals surface area contributed by atoms with Crippen LogP contribution in [0.2, 0.25) is 0 Å². The second-order valence-corrected chi connectivity index (χ2v) is 6.31. The summed E-state index contributed by atoms with van der Waals surface area (Å²) in [5.41, 5.74) is 1.65. The van der Waals surface area contributed by atoms with Crippen molar-refractivity contribution in [2.75, 3.05) is 0 Å². The number of carbonyl (C=O) groups excluding carboxylic acids is 1. The van der Waals surface area contributed by atoms with Gasteiger partial charge < -0.3 is 11.0 Å². The fraction of sp³-hybridized carbons (Fsp3) is 0.154. The van der Waals surface area contributed by atoms with Gasteiger partial charge in [0, 0.05) is 0 Å². The summed E-state index contributed by atoms with van der Waals surface area (Å²) in [6.45, 7) is 1.80. The van der Waals surface area contributed by atoms with Crippen LogP contribution in [0.25, 0.3) is 11.1 Å². The third-order valence-corrected chi connectivity index (χ3v) is 5.48. The van der Waals surface area contributed by atoms with Crippen molar-refractivity contribution in [3.8, 4) is 16.9 Å². The number of hydrogen-bond donors (Lipinski definition) is 1. The molecule has 1 aromatic carbocycles. The van der Waals surface area contributed by atoms with Crippen molar-refractivity contribution in [3.05, 3.63) is 38.1 Å². The van der Waals surface area contributed by atoms with Crippen LogP contribution in [0.5, 0.6) is 5.75 Å². The van der Waals surface area contributed by atoms with Gasteiger partial charge in [0.25, 0.3) is 0 Å². The van der Waals surface area contributed by atoms with Gasteiger partial charge in [-0.1, -0.05) is 0 Å². The zero-order valence-corrected chi connectivity index (χ0v) is 15.1. The van der Waals surface area contributed by atoms with E-state index < -0.39 is 0 Å². The zero-order chi connectivity index (χ0) is 14.0. The number of para-hydroxylation sites is 1. The molecule has 1 unspecified atom stereocenters. The number of phenolic OH excluding ortho intramolecular Hbond substituents is 1. The van der Waals surface area contributed by atoms with Gasteiger partial charge in [0.05, 0.1) is 0 Å². The predicted octanol–water partition coefficient (Wildman–Crippen LogP) is 3.10. The van der Waals surface area contributed by atoms with Crippen molar-refractivity contribution in [1.29, 1.82) is 0 Å². The molecule has 0 bridgehead atoms. The average Bonchev–Trinajstić information content (AvgIpc) is 2.79. The van der Waals surface area contributed by atoms with Gasteiger partial charge in [0.1, 0.15) is 0 Å². The number of carbonyl (C=O) groups is 1. The Hall–Kier alpha value is -0.628. The van der Waals surface area contributed by atoms with Crippen molar-refractivity contribution < 1.29 is 24.6 Å². The Morgan fingerprint density at radius 3 is 2.57 bits per heavy atom. The minimum Gasteiger partial charge on any atom is -0.870 e. The second kappa shape index (κ2) is 8.73. The van der Waals surface area contributed by atoms with Gasteiger partial charge in [-0.15, -0.1) is 0 Å². The Labute approximate surface area is 148 Å². The Kier molecular flexibility index (Phi) is 8.47. The van der Waals surface area contributed by atoms with Gasteiger partial charge in [-0.3, -0.25) is 0 Å². The van der Waals surface area contributed by atoms with Gasteiger partial charge in [-0.05, 0) is 0 Å². The molecule has 8 heteroatoms. The molecular formula is C13H12AlIO5S. The minimum atomic E-state index is -0.361. The predicted molar refractivity (Wildman–Crippen MR) is 88.3 cm³/mol. The first-order valence-corrected chi connectivity index (χ1v) is 7.95. The summed E-state index contributed by atoms with van der Waals surface area (Å²) in [6, 6.07) is 7.14. The molecule has 0 saturated carbocycles. The maximum Gasteiger partial charge on any atom is -0.870 e. The summed E-state index contributed by atoms with van der Waals surface area (Å²) < 4.78 is 5.73. The van der Waals surface area contributed by atoms with Crippen LogP contribution < -0.4 is 0 Å². The molecule has 5 nitrogen and oxygen atoms in total. The minimum absolute atomic E-state index is 0. The Balaban J connectivity index is 0.00000200. The molecule has 110 valence electrons. The summed E-state index contributed by atoms with van der Waals surface area (Å²) in [4.78, 5) is 12.6. The third-order valence-electron chi connectivity index (χ3n) is 2.81. The third kappa shape index (κ3) is 4.19. The monoisotopic (exact) mass is 434 g/mol. The molecule has 2 rings (SSSR count). The van der Waals surface area contributed by atoms with Gasteiger partial charge in [0.15, 0.2) is 0 Å². The summed E-state index contributed by atoms with van der Waals surface area (Å²) in [7, 11) is 0. The van der Waals surface area contributed by atoms with Gasteiger partial charge in [-0.25, -0.2) is 0 Å². The van der Waals surface area contributed by atoms with E-state index >= 15 is 0 Å². The standard InChI is InChI=1S/C13H11IO3S.Al.2H2O/c1-7(13(16)17)12-11(9(14)6-18-12)8-4-2-3-5-10(8)15;;;/h2-7,15H,1H3,(H,16,17);;2*1H2/q;+3;;/p-3. The molecule has 0 amide bonds. The quantitative estimate of drug-likeness (QED) is 0.590. The number of hydrogen-bond acceptors (Lipinski definition) is 6. The van der Waals surface area contributed by atoms with Crippen molar-refractivity contribution >= 4 is 56.5 Å². The van der Waals surface area contributed by atoms with E-state index in [4.69, 9.17) is 3.79 Å². The Bertz CT molecular complexity index is 616. The zero-order valence-electron chi connectivity index (χ0n) is 11.0. The molecule has 1 aromatic heterocycles. The Morgan fingerprint density at radius 2 is 2.00 bits per heavy atom. The van der Waals surface area contributed by atoms with E-state index in [-0.39, 0.29) is 28.6 Å². The fourth-order valence-electron chi connectivity index (χ4n) is 1.82. The number of phenols is 1. The van der Waals surface area contributed by atoms with Crippen LogP contribution in [0.1, 0.15) is 17.7 Å². The van der Waals surface area contributed by atoms with Gasteiger partial charge >= 0.3 is 138 Å². The molecular weight excluding hydrogens is 422 g/mol. The van der Waals surface area contributed by atoms with E-state index in [1.54, 1.807) is 19.1 Å². The van der Waals surface area contributed by atoms with Crippen LogP contribution in [0.3, 0.4) is 0 Å². The number of thiophene rings is 1. The van der Waals surface area contributed by atoms with Crippen molar-refractivity contribution in [3.63, 3.8) is 0 Å². The van der Waals surface area contributed by atoms with E-state index in [0.717, 1.165) is 19.6 Å². The van der Waals surface area contributed by atoms with Crippen LogP contribution in [-0.2, 0) is 8.58 Å². The molecule has 3 N–H and O–H groups in total. The molecule has 0 saturated heterocycles. The molecule has 0 aliphatic heterocycles. The molecule has 1 atom stereocenters. The summed E-state index contributed by atoms with van der Waals surface area (Å²) in [5.74, 6) is -0.452. The largest absolute Gasteiger partial charge is 0.870 e. The molecule has 0 radical (unpaired) electrons. The van der Waals surface area contributed by atoms with Crippen LogP contribution in [-0.4, -0.2) is 38.7 Å². The number of halogens is 1. The van der Waals surface area contributed by atoms with Crippen molar-refractivity contribution in [2.45, 2.75) is 12.8 Å². The van der Waals surface area contributed by atoms with E-state index in [9.17, 15) is 9.90 Å². The van der Waals surface area contributed by atoms with E-state index in [2.05, 4.69) is 22.6 Å². The summed E-state index contributed by atoms with van der Waals surface area (Å²) in [5, 5.41) is 12.0. The number of rotatable bonds is 3. The average molecular weight is 434 g/mol. The Morgan fingerprint density at radius 1 is 1.38 bits per heavy atom. The molecule has 1 heterocycles. The molecule has 0 spiro atoms. The topological polar surface area (TPSA) is 107 Å². The maximum atomic E-state index is 11.7. The summed E-state index contributed by atoms with van der Waals surface area (Å²) >= 11 is 5.69. The van der Waals surface area contributed by atoms with E-state index in [1.165, 1.54) is 11.3 Å². The fourth-order valence-corrected chi connectivity index (χ4v) is 4.16. The van der Waals surface area contributed by atoms with Crippen LogP contribution >= 0.6 is 33.9 Å². The number of aromatic hydroxyl groups is 1. The van der Waals surface area contributed by atoms with Crippen molar-refractivity contribution in [1.82, 2.24) is 0 Å². The molecule has 0 aliphatic carbocycles. The first-order chi connectivity index (χ1) is 9.06. The molecule has 2 aromatic rings.